The number of aromatic nitrogens is 1. The number of carbonyl (C=O) groups excluding carboxylic acids is 2. The molecule has 0 radical (unpaired) electrons. The zero-order valence-corrected chi connectivity index (χ0v) is 13.7. The Kier molecular flexibility index (Phi) is 4.92. The van der Waals surface area contributed by atoms with Crippen LogP contribution in [-0.2, 0) is 16.1 Å². The maximum absolute atomic E-state index is 12.9. The van der Waals surface area contributed by atoms with Gasteiger partial charge in [-0.05, 0) is 36.8 Å². The second kappa shape index (κ2) is 7.29. The van der Waals surface area contributed by atoms with E-state index in [0.29, 0.717) is 30.0 Å². The molecule has 2 heterocycles. The lowest BCUT2D eigenvalue weighted by Crippen LogP contribution is -2.42. The first-order valence-electron chi connectivity index (χ1n) is 7.94. The Balaban J connectivity index is 1.59. The fourth-order valence-corrected chi connectivity index (χ4v) is 2.66. The molecule has 1 aliphatic heterocycles. The predicted octanol–water partition coefficient (Wildman–Crippen LogP) is 2.25. The highest BCUT2D eigenvalue weighted by molar-refractivity contribution is 5.90. The Morgan fingerprint density at radius 2 is 2.08 bits per heavy atom. The third kappa shape index (κ3) is 4.12. The summed E-state index contributed by atoms with van der Waals surface area (Å²) in [6.45, 7) is 0.234. The first kappa shape index (κ1) is 16.9. The monoisotopic (exact) mass is 343 g/mol. The highest BCUT2D eigenvalue weighted by Gasteiger charge is 2.32. The number of ether oxygens (including phenoxy) is 1. The average molecular weight is 343 g/mol. The molecule has 0 aliphatic carbocycles. The number of amides is 2. The number of rotatable bonds is 5. The fourth-order valence-electron chi connectivity index (χ4n) is 2.66. The van der Waals surface area contributed by atoms with Crippen LogP contribution in [0.5, 0.6) is 11.5 Å². The number of hydrogen-bond donors (Lipinski definition) is 1. The third-order valence-electron chi connectivity index (χ3n) is 4.08. The van der Waals surface area contributed by atoms with Crippen LogP contribution in [0.15, 0.2) is 42.6 Å². The average Bonchev–Trinajstić information content (AvgIpc) is 2.94. The standard InChI is InChI=1S/C18H18FN3O3/c1-22-16(6-7-17(22)23)18(24)21-11-13-10-15(8-9-20-13)25-14-4-2-12(19)3-5-14/h2-5,8-10,16H,6-7,11H2,1H3,(H,21,24)/t16-/m1/s1. The number of carbonyl (C=O) groups is 2. The van der Waals surface area contributed by atoms with Crippen LogP contribution in [0.4, 0.5) is 4.39 Å². The largest absolute Gasteiger partial charge is 0.457 e. The van der Waals surface area contributed by atoms with Crippen LogP contribution in [0.3, 0.4) is 0 Å². The molecular weight excluding hydrogens is 325 g/mol. The SMILES string of the molecule is CN1C(=O)CC[C@@H]1C(=O)NCc1cc(Oc2ccc(F)cc2)ccn1. The summed E-state index contributed by atoms with van der Waals surface area (Å²) in [7, 11) is 1.63. The molecule has 2 amide bonds. The third-order valence-corrected chi connectivity index (χ3v) is 4.08. The number of benzene rings is 1. The van der Waals surface area contributed by atoms with Crippen LogP contribution >= 0.6 is 0 Å². The first-order valence-corrected chi connectivity index (χ1v) is 7.94. The van der Waals surface area contributed by atoms with E-state index in [-0.39, 0.29) is 24.2 Å². The van der Waals surface area contributed by atoms with Gasteiger partial charge in [-0.25, -0.2) is 4.39 Å². The number of likely N-dealkylation sites (N-methyl/N-ethyl adjacent to an activating group) is 1. The van der Waals surface area contributed by atoms with E-state index in [9.17, 15) is 14.0 Å². The van der Waals surface area contributed by atoms with Crippen molar-refractivity contribution in [2.75, 3.05) is 7.05 Å². The number of hydrogen-bond acceptors (Lipinski definition) is 4. The van der Waals surface area contributed by atoms with E-state index in [1.807, 2.05) is 0 Å². The summed E-state index contributed by atoms with van der Waals surface area (Å²) in [4.78, 5) is 29.3. The molecule has 1 aromatic heterocycles. The molecule has 0 unspecified atom stereocenters. The van der Waals surface area contributed by atoms with Crippen molar-refractivity contribution < 1.29 is 18.7 Å². The Bertz CT molecular complexity index is 779. The van der Waals surface area contributed by atoms with Gasteiger partial charge in [-0.15, -0.1) is 0 Å². The van der Waals surface area contributed by atoms with Crippen molar-refractivity contribution in [1.29, 1.82) is 0 Å². The minimum atomic E-state index is -0.425. The molecule has 1 atom stereocenters. The Hall–Kier alpha value is -2.96. The van der Waals surface area contributed by atoms with E-state index in [4.69, 9.17) is 4.74 Å². The van der Waals surface area contributed by atoms with Crippen LogP contribution in [0.2, 0.25) is 0 Å². The molecule has 6 nitrogen and oxygen atoms in total. The van der Waals surface area contributed by atoms with Crippen molar-refractivity contribution in [2.24, 2.45) is 0 Å². The molecule has 1 aliphatic rings. The van der Waals surface area contributed by atoms with Gasteiger partial charge in [0.05, 0.1) is 12.2 Å². The van der Waals surface area contributed by atoms with Crippen LogP contribution in [0, 0.1) is 5.82 Å². The van der Waals surface area contributed by atoms with E-state index in [2.05, 4.69) is 10.3 Å². The number of pyridine rings is 1. The van der Waals surface area contributed by atoms with E-state index < -0.39 is 6.04 Å². The molecule has 25 heavy (non-hydrogen) atoms. The van der Waals surface area contributed by atoms with Crippen molar-refractivity contribution in [3.05, 3.63) is 54.1 Å². The normalized spacial score (nSPS) is 16.8. The van der Waals surface area contributed by atoms with Crippen LogP contribution in [-0.4, -0.2) is 34.8 Å². The highest BCUT2D eigenvalue weighted by atomic mass is 19.1. The molecule has 1 saturated heterocycles. The van der Waals surface area contributed by atoms with Crippen molar-refractivity contribution >= 4 is 11.8 Å². The summed E-state index contributed by atoms with van der Waals surface area (Å²) >= 11 is 0. The summed E-state index contributed by atoms with van der Waals surface area (Å²) in [5, 5.41) is 2.79. The zero-order chi connectivity index (χ0) is 17.8. The fraction of sp³-hybridized carbons (Fsp3) is 0.278. The number of halogens is 1. The van der Waals surface area contributed by atoms with Crippen molar-refractivity contribution in [2.45, 2.75) is 25.4 Å². The number of nitrogens with one attached hydrogen (secondary N) is 1. The maximum atomic E-state index is 12.9. The van der Waals surface area contributed by atoms with Gasteiger partial charge in [0.25, 0.3) is 0 Å². The lowest BCUT2D eigenvalue weighted by Gasteiger charge is -2.19. The van der Waals surface area contributed by atoms with E-state index in [0.717, 1.165) is 0 Å². The Morgan fingerprint density at radius 3 is 2.76 bits per heavy atom. The summed E-state index contributed by atoms with van der Waals surface area (Å²) in [5.74, 6) is 0.501. The molecular formula is C18H18FN3O3. The second-order valence-corrected chi connectivity index (χ2v) is 5.82. The highest BCUT2D eigenvalue weighted by Crippen LogP contribution is 2.22. The molecule has 2 aromatic rings. The van der Waals surface area contributed by atoms with Gasteiger partial charge < -0.3 is 15.0 Å². The predicted molar refractivity (Wildman–Crippen MR) is 88.3 cm³/mol. The van der Waals surface area contributed by atoms with Gasteiger partial charge in [0.2, 0.25) is 11.8 Å². The van der Waals surface area contributed by atoms with Crippen LogP contribution < -0.4 is 10.1 Å². The Labute approximate surface area is 144 Å². The lowest BCUT2D eigenvalue weighted by atomic mass is 10.2. The van der Waals surface area contributed by atoms with Gasteiger partial charge in [0.1, 0.15) is 23.4 Å². The molecule has 0 bridgehead atoms. The quantitative estimate of drug-likeness (QED) is 0.904. The van der Waals surface area contributed by atoms with Gasteiger partial charge in [0.15, 0.2) is 0 Å². The smallest absolute Gasteiger partial charge is 0.243 e. The molecule has 3 rings (SSSR count). The summed E-state index contributed by atoms with van der Waals surface area (Å²) < 4.78 is 18.6. The number of likely N-dealkylation sites (tertiary alicyclic amines) is 1. The van der Waals surface area contributed by atoms with E-state index in [1.54, 1.807) is 25.4 Å². The van der Waals surface area contributed by atoms with Crippen molar-refractivity contribution in [3.63, 3.8) is 0 Å². The Morgan fingerprint density at radius 1 is 1.32 bits per heavy atom. The van der Waals surface area contributed by atoms with Gasteiger partial charge in [-0.1, -0.05) is 0 Å². The molecule has 1 N–H and O–H groups in total. The molecule has 1 fully saturated rings. The van der Waals surface area contributed by atoms with E-state index in [1.165, 1.54) is 29.2 Å². The van der Waals surface area contributed by atoms with Crippen molar-refractivity contribution in [3.8, 4) is 11.5 Å². The van der Waals surface area contributed by atoms with Gasteiger partial charge in [-0.3, -0.25) is 14.6 Å². The molecule has 7 heteroatoms. The lowest BCUT2D eigenvalue weighted by molar-refractivity contribution is -0.133. The minimum Gasteiger partial charge on any atom is -0.457 e. The molecule has 130 valence electrons. The molecule has 0 spiro atoms. The number of nitrogens with zero attached hydrogens (tertiary/aromatic N) is 2. The summed E-state index contributed by atoms with van der Waals surface area (Å²) in [6.07, 6.45) is 2.50. The van der Waals surface area contributed by atoms with Crippen LogP contribution in [0.25, 0.3) is 0 Å². The first-order chi connectivity index (χ1) is 12.0. The zero-order valence-electron chi connectivity index (χ0n) is 13.7. The van der Waals surface area contributed by atoms with Crippen LogP contribution in [0.1, 0.15) is 18.5 Å². The van der Waals surface area contributed by atoms with Gasteiger partial charge in [-0.2, -0.15) is 0 Å². The molecule has 1 aromatic carbocycles. The molecule has 0 saturated carbocycles. The maximum Gasteiger partial charge on any atom is 0.243 e. The van der Waals surface area contributed by atoms with Gasteiger partial charge in [0, 0.05) is 25.7 Å². The van der Waals surface area contributed by atoms with E-state index >= 15 is 0 Å². The summed E-state index contributed by atoms with van der Waals surface area (Å²) in [6, 6.07) is 8.65. The minimum absolute atomic E-state index is 0.0204. The second-order valence-electron chi connectivity index (χ2n) is 5.82. The van der Waals surface area contributed by atoms with Gasteiger partial charge >= 0.3 is 0 Å². The van der Waals surface area contributed by atoms with Crippen molar-refractivity contribution in [1.82, 2.24) is 15.2 Å². The topological polar surface area (TPSA) is 71.5 Å². The summed E-state index contributed by atoms with van der Waals surface area (Å²) in [5.41, 5.74) is 0.625.